The first-order valence-electron chi connectivity index (χ1n) is 7.13. The van der Waals surface area contributed by atoms with Crippen molar-refractivity contribution < 1.29 is 0 Å². The average molecular weight is 352 g/mol. The number of nitrogens with zero attached hydrogens (tertiary/aromatic N) is 4. The minimum Gasteiger partial charge on any atom is -0.307 e. The maximum absolute atomic E-state index is 6.19. The minimum absolute atomic E-state index is 0.276. The van der Waals surface area contributed by atoms with Crippen LogP contribution in [0.1, 0.15) is 30.3 Å². The Morgan fingerprint density at radius 2 is 2.27 bits per heavy atom. The molecule has 0 amide bonds. The molecule has 1 saturated heterocycles. The molecule has 1 aromatic carbocycles. The summed E-state index contributed by atoms with van der Waals surface area (Å²) in [5.41, 5.74) is 1.12. The van der Waals surface area contributed by atoms with Crippen LogP contribution in [0.2, 0.25) is 5.02 Å². The summed E-state index contributed by atoms with van der Waals surface area (Å²) in [6.45, 7) is 1.04. The molecule has 1 aliphatic heterocycles. The van der Waals surface area contributed by atoms with Gasteiger partial charge in [-0.15, -0.1) is 15.3 Å². The van der Waals surface area contributed by atoms with Crippen molar-refractivity contribution in [1.82, 2.24) is 25.1 Å². The molecule has 1 fully saturated rings. The van der Waals surface area contributed by atoms with E-state index in [4.69, 9.17) is 11.6 Å². The fourth-order valence-corrected chi connectivity index (χ4v) is 4.72. The van der Waals surface area contributed by atoms with Gasteiger partial charge in [-0.05, 0) is 31.0 Å². The van der Waals surface area contributed by atoms with Gasteiger partial charge >= 0.3 is 0 Å². The van der Waals surface area contributed by atoms with E-state index in [2.05, 4.69) is 20.6 Å². The number of aromatic nitrogens is 4. The molecule has 22 heavy (non-hydrogen) atoms. The molecule has 0 bridgehead atoms. The van der Waals surface area contributed by atoms with Gasteiger partial charge in [0.15, 0.2) is 10.2 Å². The number of thioether (sulfide) groups is 1. The van der Waals surface area contributed by atoms with E-state index in [1.807, 2.05) is 28.8 Å². The first-order chi connectivity index (χ1) is 10.8. The molecule has 2 aromatic heterocycles. The summed E-state index contributed by atoms with van der Waals surface area (Å²) in [5, 5.41) is 17.4. The van der Waals surface area contributed by atoms with Gasteiger partial charge in [0.05, 0.1) is 6.04 Å². The van der Waals surface area contributed by atoms with Crippen LogP contribution in [0.3, 0.4) is 0 Å². The van der Waals surface area contributed by atoms with Crippen molar-refractivity contribution in [2.45, 2.75) is 29.0 Å². The van der Waals surface area contributed by atoms with Gasteiger partial charge in [-0.25, -0.2) is 0 Å². The lowest BCUT2D eigenvalue weighted by Crippen LogP contribution is -2.16. The summed E-state index contributed by atoms with van der Waals surface area (Å²) in [6, 6.07) is 8.19. The Labute approximate surface area is 141 Å². The highest BCUT2D eigenvalue weighted by atomic mass is 35.5. The highest BCUT2D eigenvalue weighted by Crippen LogP contribution is 2.31. The van der Waals surface area contributed by atoms with E-state index in [-0.39, 0.29) is 6.04 Å². The molecule has 0 radical (unpaired) electrons. The number of rotatable bonds is 4. The molecule has 8 heteroatoms. The van der Waals surface area contributed by atoms with Gasteiger partial charge in [0.25, 0.3) is 0 Å². The molecule has 0 spiro atoms. The lowest BCUT2D eigenvalue weighted by atomic mass is 10.2. The Bertz CT molecular complexity index is 793. The molecule has 0 aliphatic carbocycles. The van der Waals surface area contributed by atoms with E-state index in [0.717, 1.165) is 44.4 Å². The molecule has 3 heterocycles. The van der Waals surface area contributed by atoms with Crippen molar-refractivity contribution in [2.75, 3.05) is 6.54 Å². The Morgan fingerprint density at radius 3 is 3.09 bits per heavy atom. The van der Waals surface area contributed by atoms with Crippen molar-refractivity contribution in [1.29, 1.82) is 0 Å². The monoisotopic (exact) mass is 351 g/mol. The van der Waals surface area contributed by atoms with E-state index in [1.54, 1.807) is 23.1 Å². The predicted molar refractivity (Wildman–Crippen MR) is 89.6 cm³/mol. The molecule has 1 N–H and O–H groups in total. The summed E-state index contributed by atoms with van der Waals surface area (Å²) >= 11 is 9.45. The molecule has 114 valence electrons. The average Bonchev–Trinajstić information content (AvgIpc) is 3.22. The van der Waals surface area contributed by atoms with Crippen LogP contribution in [-0.2, 0) is 5.75 Å². The van der Waals surface area contributed by atoms with E-state index in [1.165, 1.54) is 6.42 Å². The summed E-state index contributed by atoms with van der Waals surface area (Å²) in [5.74, 6) is 1.73. The highest BCUT2D eigenvalue weighted by Gasteiger charge is 2.23. The van der Waals surface area contributed by atoms with Crippen molar-refractivity contribution in [3.05, 3.63) is 40.7 Å². The Kier molecular flexibility index (Phi) is 4.04. The maximum atomic E-state index is 6.19. The second kappa shape index (κ2) is 6.16. The first kappa shape index (κ1) is 14.4. The van der Waals surface area contributed by atoms with Crippen LogP contribution >= 0.6 is 34.7 Å². The highest BCUT2D eigenvalue weighted by molar-refractivity contribution is 8.00. The predicted octanol–water partition coefficient (Wildman–Crippen LogP) is 3.56. The normalized spacial score (nSPS) is 18.3. The van der Waals surface area contributed by atoms with Crippen molar-refractivity contribution in [3.8, 4) is 0 Å². The SMILES string of the molecule is Clc1ccccc1CSc1nn2c([C@H]3CCCN3)nnc2s1. The topological polar surface area (TPSA) is 55.1 Å². The van der Waals surface area contributed by atoms with Crippen LogP contribution < -0.4 is 5.32 Å². The fraction of sp³-hybridized carbons (Fsp3) is 0.357. The fourth-order valence-electron chi connectivity index (χ4n) is 2.55. The van der Waals surface area contributed by atoms with E-state index in [9.17, 15) is 0 Å². The molecular weight excluding hydrogens is 338 g/mol. The van der Waals surface area contributed by atoms with E-state index in [0.29, 0.717) is 0 Å². The van der Waals surface area contributed by atoms with Gasteiger partial charge in [-0.1, -0.05) is 52.9 Å². The van der Waals surface area contributed by atoms with E-state index >= 15 is 0 Å². The van der Waals surface area contributed by atoms with Gasteiger partial charge in [0.1, 0.15) is 0 Å². The lowest BCUT2D eigenvalue weighted by Gasteiger charge is -2.05. The number of halogens is 1. The molecule has 0 saturated carbocycles. The zero-order valence-electron chi connectivity index (χ0n) is 11.7. The van der Waals surface area contributed by atoms with Crippen LogP contribution in [0, 0.1) is 0 Å². The number of benzene rings is 1. The van der Waals surface area contributed by atoms with E-state index < -0.39 is 0 Å². The smallest absolute Gasteiger partial charge is 0.235 e. The standard InChI is InChI=1S/C14H14ClN5S2/c15-10-5-2-1-4-9(10)8-21-14-19-20-12(11-6-3-7-16-11)17-18-13(20)22-14/h1-2,4-5,11,16H,3,6-8H2/t11-/m1/s1. The van der Waals surface area contributed by atoms with Crippen LogP contribution in [0.15, 0.2) is 28.6 Å². The summed E-state index contributed by atoms with van der Waals surface area (Å²) in [7, 11) is 0. The lowest BCUT2D eigenvalue weighted by molar-refractivity contribution is 0.582. The number of fused-ring (bicyclic) bond motifs is 1. The molecular formula is C14H14ClN5S2. The Balaban J connectivity index is 1.54. The summed E-state index contributed by atoms with van der Waals surface area (Å²) < 4.78 is 2.87. The molecule has 1 atom stereocenters. The van der Waals surface area contributed by atoms with Gasteiger partial charge < -0.3 is 5.32 Å². The van der Waals surface area contributed by atoms with Crippen molar-refractivity contribution >= 4 is 39.7 Å². The van der Waals surface area contributed by atoms with Crippen LogP contribution in [-0.4, -0.2) is 26.4 Å². The summed E-state index contributed by atoms with van der Waals surface area (Å²) in [6.07, 6.45) is 2.28. The van der Waals surface area contributed by atoms with Crippen LogP contribution in [0.4, 0.5) is 0 Å². The number of hydrogen-bond donors (Lipinski definition) is 1. The zero-order valence-corrected chi connectivity index (χ0v) is 14.1. The third-order valence-corrected chi connectivity index (χ3v) is 6.13. The number of nitrogens with one attached hydrogen (secondary N) is 1. The van der Waals surface area contributed by atoms with Crippen LogP contribution in [0.25, 0.3) is 4.96 Å². The third kappa shape index (κ3) is 2.74. The molecule has 4 rings (SSSR count). The van der Waals surface area contributed by atoms with Gasteiger partial charge in [0, 0.05) is 10.8 Å². The van der Waals surface area contributed by atoms with Gasteiger partial charge in [-0.3, -0.25) is 0 Å². The Hall–Kier alpha value is -1.15. The van der Waals surface area contributed by atoms with Crippen LogP contribution in [0.5, 0.6) is 0 Å². The maximum Gasteiger partial charge on any atom is 0.235 e. The molecule has 1 aliphatic rings. The van der Waals surface area contributed by atoms with Crippen molar-refractivity contribution in [3.63, 3.8) is 0 Å². The largest absolute Gasteiger partial charge is 0.307 e. The van der Waals surface area contributed by atoms with Gasteiger partial charge in [-0.2, -0.15) is 4.52 Å². The molecule has 3 aromatic rings. The third-order valence-electron chi connectivity index (χ3n) is 3.68. The minimum atomic E-state index is 0.276. The first-order valence-corrected chi connectivity index (χ1v) is 9.31. The number of hydrogen-bond acceptors (Lipinski definition) is 6. The molecule has 0 unspecified atom stereocenters. The second-order valence-corrected chi connectivity index (χ2v) is 7.74. The molecule has 5 nitrogen and oxygen atoms in total. The van der Waals surface area contributed by atoms with Crippen molar-refractivity contribution in [2.24, 2.45) is 0 Å². The van der Waals surface area contributed by atoms with Gasteiger partial charge in [0.2, 0.25) is 4.96 Å². The Morgan fingerprint density at radius 1 is 1.36 bits per heavy atom. The zero-order chi connectivity index (χ0) is 14.9. The summed E-state index contributed by atoms with van der Waals surface area (Å²) in [4.78, 5) is 0.852. The second-order valence-electron chi connectivity index (χ2n) is 5.15. The quantitative estimate of drug-likeness (QED) is 0.728.